The van der Waals surface area contributed by atoms with Crippen LogP contribution in [0.2, 0.25) is 0 Å². The molecule has 2 aromatic heterocycles. The standard InChI is InChI=1S/C15H14F2N2O4S/c1-8-19-10(4-24-8)11-2-9(3-23-11)12(20)18-7-14(13(21)22)5-15(16,17)6-14/h2-4H,5-7H2,1H3,(H,18,20)(H,21,22). The molecule has 0 atom stereocenters. The first-order chi connectivity index (χ1) is 11.2. The van der Waals surface area contributed by atoms with Gasteiger partial charge in [-0.25, -0.2) is 13.8 Å². The third kappa shape index (κ3) is 3.03. The van der Waals surface area contributed by atoms with Gasteiger partial charge >= 0.3 is 5.97 Å². The summed E-state index contributed by atoms with van der Waals surface area (Å²) in [4.78, 5) is 27.5. The molecule has 1 aliphatic carbocycles. The van der Waals surface area contributed by atoms with Crippen molar-refractivity contribution in [1.82, 2.24) is 10.3 Å². The van der Waals surface area contributed by atoms with Crippen molar-refractivity contribution in [2.45, 2.75) is 25.7 Å². The zero-order valence-electron chi connectivity index (χ0n) is 12.6. The number of furan rings is 1. The molecule has 2 heterocycles. The lowest BCUT2D eigenvalue weighted by Crippen LogP contribution is -2.56. The first-order valence-electron chi connectivity index (χ1n) is 7.11. The molecule has 0 saturated heterocycles. The Morgan fingerprint density at radius 3 is 2.71 bits per heavy atom. The predicted octanol–water partition coefficient (Wildman–Crippen LogP) is 2.94. The fourth-order valence-electron chi connectivity index (χ4n) is 2.71. The molecule has 0 aromatic carbocycles. The van der Waals surface area contributed by atoms with E-state index in [1.165, 1.54) is 23.7 Å². The number of carboxylic acids is 1. The van der Waals surface area contributed by atoms with Gasteiger partial charge in [0.15, 0.2) is 5.76 Å². The summed E-state index contributed by atoms with van der Waals surface area (Å²) < 4.78 is 31.4. The van der Waals surface area contributed by atoms with Crippen molar-refractivity contribution < 1.29 is 27.9 Å². The fourth-order valence-corrected chi connectivity index (χ4v) is 3.31. The Morgan fingerprint density at radius 1 is 1.46 bits per heavy atom. The third-order valence-corrected chi connectivity index (χ3v) is 4.74. The second-order valence-corrected chi connectivity index (χ2v) is 6.99. The topological polar surface area (TPSA) is 92.4 Å². The average molecular weight is 356 g/mol. The smallest absolute Gasteiger partial charge is 0.311 e. The minimum Gasteiger partial charge on any atom is -0.481 e. The normalized spacial score (nSPS) is 18.0. The van der Waals surface area contributed by atoms with E-state index in [0.717, 1.165) is 5.01 Å². The largest absolute Gasteiger partial charge is 0.481 e. The summed E-state index contributed by atoms with van der Waals surface area (Å²) >= 11 is 1.44. The second kappa shape index (κ2) is 5.66. The van der Waals surface area contributed by atoms with Gasteiger partial charge < -0.3 is 14.8 Å². The van der Waals surface area contributed by atoms with Gasteiger partial charge in [0.25, 0.3) is 11.8 Å². The van der Waals surface area contributed by atoms with Crippen molar-refractivity contribution in [2.75, 3.05) is 6.54 Å². The highest BCUT2D eigenvalue weighted by Crippen LogP contribution is 2.51. The van der Waals surface area contributed by atoms with E-state index in [0.29, 0.717) is 11.5 Å². The van der Waals surface area contributed by atoms with Crippen molar-refractivity contribution in [3.8, 4) is 11.5 Å². The van der Waals surface area contributed by atoms with Crippen molar-refractivity contribution in [3.05, 3.63) is 28.3 Å². The van der Waals surface area contributed by atoms with Gasteiger partial charge in [0.1, 0.15) is 12.0 Å². The molecule has 1 aliphatic rings. The van der Waals surface area contributed by atoms with Crippen LogP contribution in [-0.4, -0.2) is 34.4 Å². The molecule has 0 unspecified atom stereocenters. The maximum Gasteiger partial charge on any atom is 0.311 e. The Balaban J connectivity index is 1.65. The summed E-state index contributed by atoms with van der Waals surface area (Å²) in [6, 6.07) is 1.48. The van der Waals surface area contributed by atoms with E-state index in [-0.39, 0.29) is 12.1 Å². The molecule has 0 spiro atoms. The maximum absolute atomic E-state index is 13.0. The third-order valence-electron chi connectivity index (χ3n) is 3.97. The van der Waals surface area contributed by atoms with Crippen LogP contribution in [0.4, 0.5) is 8.78 Å². The summed E-state index contributed by atoms with van der Waals surface area (Å²) in [5, 5.41) is 14.2. The molecule has 0 bridgehead atoms. The highest BCUT2D eigenvalue weighted by Gasteiger charge is 2.61. The van der Waals surface area contributed by atoms with Crippen LogP contribution in [0, 0.1) is 12.3 Å². The van der Waals surface area contributed by atoms with E-state index in [1.54, 1.807) is 5.38 Å². The summed E-state index contributed by atoms with van der Waals surface area (Å²) in [6.45, 7) is 1.48. The predicted molar refractivity (Wildman–Crippen MR) is 81.1 cm³/mol. The molecule has 2 aromatic rings. The number of thiazole rings is 1. The van der Waals surface area contributed by atoms with Crippen LogP contribution in [0.3, 0.4) is 0 Å². The van der Waals surface area contributed by atoms with Crippen LogP contribution in [0.15, 0.2) is 22.1 Å². The van der Waals surface area contributed by atoms with E-state index in [4.69, 9.17) is 9.52 Å². The minimum atomic E-state index is -2.99. The van der Waals surface area contributed by atoms with Crippen molar-refractivity contribution in [1.29, 1.82) is 0 Å². The molecule has 0 aliphatic heterocycles. The Bertz CT molecular complexity index is 791. The molecule has 24 heavy (non-hydrogen) atoms. The summed E-state index contributed by atoms with van der Waals surface area (Å²) in [7, 11) is 0. The first kappa shape index (κ1) is 16.6. The Morgan fingerprint density at radius 2 is 2.17 bits per heavy atom. The number of alkyl halides is 2. The zero-order valence-corrected chi connectivity index (χ0v) is 13.5. The minimum absolute atomic E-state index is 0.183. The summed E-state index contributed by atoms with van der Waals surface area (Å²) in [5.41, 5.74) is -0.836. The number of carbonyl (C=O) groups excluding carboxylic acids is 1. The number of carbonyl (C=O) groups is 2. The van der Waals surface area contributed by atoms with Crippen LogP contribution >= 0.6 is 11.3 Å². The van der Waals surface area contributed by atoms with Gasteiger partial charge in [-0.3, -0.25) is 9.59 Å². The highest BCUT2D eigenvalue weighted by molar-refractivity contribution is 7.09. The molecule has 1 fully saturated rings. The van der Waals surface area contributed by atoms with Crippen LogP contribution in [-0.2, 0) is 4.79 Å². The van der Waals surface area contributed by atoms with Crippen molar-refractivity contribution >= 4 is 23.2 Å². The van der Waals surface area contributed by atoms with Gasteiger partial charge in [0.2, 0.25) is 0 Å². The van der Waals surface area contributed by atoms with Crippen molar-refractivity contribution in [3.63, 3.8) is 0 Å². The lowest BCUT2D eigenvalue weighted by Gasteiger charge is -2.43. The second-order valence-electron chi connectivity index (χ2n) is 5.93. The van der Waals surface area contributed by atoms with Crippen LogP contribution < -0.4 is 5.32 Å². The quantitative estimate of drug-likeness (QED) is 0.859. The number of aryl methyl sites for hydroxylation is 1. The number of aliphatic carboxylic acids is 1. The molecule has 2 N–H and O–H groups in total. The molecule has 6 nitrogen and oxygen atoms in total. The lowest BCUT2D eigenvalue weighted by molar-refractivity contribution is -0.192. The monoisotopic (exact) mass is 356 g/mol. The van der Waals surface area contributed by atoms with Gasteiger partial charge in [-0.15, -0.1) is 11.3 Å². The Hall–Kier alpha value is -2.29. The number of aromatic nitrogens is 1. The van der Waals surface area contributed by atoms with Gasteiger partial charge in [-0.1, -0.05) is 0 Å². The number of amides is 1. The number of nitrogens with zero attached hydrogens (tertiary/aromatic N) is 1. The fraction of sp³-hybridized carbons (Fsp3) is 0.400. The molecule has 9 heteroatoms. The maximum atomic E-state index is 13.0. The van der Waals surface area contributed by atoms with Crippen molar-refractivity contribution in [2.24, 2.45) is 5.41 Å². The zero-order chi connectivity index (χ0) is 17.5. The van der Waals surface area contributed by atoms with Crippen LogP contribution in [0.25, 0.3) is 11.5 Å². The molecule has 128 valence electrons. The van der Waals surface area contributed by atoms with Gasteiger partial charge in [-0.05, 0) is 13.0 Å². The molecule has 0 radical (unpaired) electrons. The molecular formula is C15H14F2N2O4S. The number of hydrogen-bond acceptors (Lipinski definition) is 5. The number of rotatable bonds is 5. The number of halogens is 2. The number of nitrogens with one attached hydrogen (secondary N) is 1. The highest BCUT2D eigenvalue weighted by atomic mass is 32.1. The molecular weight excluding hydrogens is 342 g/mol. The molecule has 1 amide bonds. The Labute approximate surface area is 139 Å². The SMILES string of the molecule is Cc1nc(-c2cc(C(=O)NCC3(C(=O)O)CC(F)(F)C3)co2)cs1. The number of carboxylic acid groups (broad SMARTS) is 1. The Kier molecular flexibility index (Phi) is 3.90. The van der Waals surface area contributed by atoms with Gasteiger partial charge in [0, 0.05) is 24.8 Å². The lowest BCUT2D eigenvalue weighted by atomic mass is 9.66. The van der Waals surface area contributed by atoms with E-state index in [9.17, 15) is 18.4 Å². The summed E-state index contributed by atoms with van der Waals surface area (Å²) in [5.74, 6) is -4.49. The van der Waals surface area contributed by atoms with E-state index < -0.39 is 36.1 Å². The molecule has 1 saturated carbocycles. The average Bonchev–Trinajstić information content (AvgIpc) is 3.10. The van der Waals surface area contributed by atoms with Crippen LogP contribution in [0.1, 0.15) is 28.2 Å². The van der Waals surface area contributed by atoms with E-state index >= 15 is 0 Å². The van der Waals surface area contributed by atoms with Gasteiger partial charge in [-0.2, -0.15) is 0 Å². The van der Waals surface area contributed by atoms with E-state index in [2.05, 4.69) is 10.3 Å². The first-order valence-corrected chi connectivity index (χ1v) is 7.99. The van der Waals surface area contributed by atoms with Gasteiger partial charge in [0.05, 0.1) is 16.0 Å². The summed E-state index contributed by atoms with van der Waals surface area (Å²) in [6.07, 6.45) is -0.323. The van der Waals surface area contributed by atoms with Crippen LogP contribution in [0.5, 0.6) is 0 Å². The molecule has 3 rings (SSSR count). The van der Waals surface area contributed by atoms with E-state index in [1.807, 2.05) is 6.92 Å². The number of hydrogen-bond donors (Lipinski definition) is 2.